The lowest BCUT2D eigenvalue weighted by Gasteiger charge is -2.64. The van der Waals surface area contributed by atoms with Gasteiger partial charge in [0.1, 0.15) is 0 Å². The SMILES string of the molecule is CC(C)[Si]12O[Si](C(C)C)(O[Si]3(C(C)C)O[Si](C(C)C)(O1)O[Si]1(C(C)C)O[Si](C(C)C)(O3)O[Si](c3ccccc3)(C(C)C)O[Si](c3ccccc3)(C(C)C)O1)O[Si]1(C(C)C)O[Si](C(C)C)(O2)O[Si](c2ccccc2)(C(C)C)O[Si](c2ccccc2)(C(C)C)O1. The van der Waals surface area contributed by atoms with E-state index in [1.807, 2.05) is 24.3 Å². The number of hydrogen-bond acceptors (Lipinski definition) is 16. The molecule has 16 nitrogen and oxygen atoms in total. The first kappa shape index (κ1) is 71.1. The Morgan fingerprint density at radius 2 is 0.284 bits per heavy atom. The molecule has 8 atom stereocenters. The number of rotatable bonds is 16. The van der Waals surface area contributed by atoms with Gasteiger partial charge in [0, 0.05) is 66.5 Å². The van der Waals surface area contributed by atoms with Gasteiger partial charge in [0.2, 0.25) is 0 Å². The summed E-state index contributed by atoms with van der Waals surface area (Å²) < 4.78 is 135. The van der Waals surface area contributed by atoms with E-state index in [-0.39, 0.29) is 22.2 Å². The molecule has 9 rings (SSSR count). The van der Waals surface area contributed by atoms with Crippen molar-refractivity contribution in [3.05, 3.63) is 121 Å². The minimum atomic E-state index is -4.62. The fourth-order valence-corrected chi connectivity index (χ4v) is 92.8. The van der Waals surface area contributed by atoms with E-state index in [4.69, 9.17) is 65.8 Å². The lowest BCUT2D eigenvalue weighted by molar-refractivity contribution is -0.00561. The number of hydrogen-bond donors (Lipinski definition) is 0. The van der Waals surface area contributed by atoms with E-state index in [1.54, 1.807) is 0 Å². The molecule has 28 heteroatoms. The van der Waals surface area contributed by atoms with Crippen molar-refractivity contribution < 1.29 is 65.8 Å². The first-order chi connectivity index (χ1) is 41.1. The van der Waals surface area contributed by atoms with Crippen LogP contribution in [-0.2, 0) is 65.8 Å². The molecule has 0 saturated carbocycles. The predicted octanol–water partition coefficient (Wildman–Crippen LogP) is 14.1. The van der Waals surface area contributed by atoms with Gasteiger partial charge in [-0.15, -0.1) is 0 Å². The third-order valence-electron chi connectivity index (χ3n) is 18.0. The van der Waals surface area contributed by atoms with Gasteiger partial charge in [-0.25, -0.2) is 0 Å². The molecule has 5 aliphatic heterocycles. The molecular weight excluding hydrogens is 1310 g/mol. The van der Waals surface area contributed by atoms with Crippen LogP contribution in [-0.4, -0.2) is 105 Å². The van der Waals surface area contributed by atoms with Crippen LogP contribution in [0.3, 0.4) is 0 Å². The molecular formula is C60H104O16Si12. The summed E-state index contributed by atoms with van der Waals surface area (Å²) in [5.41, 5.74) is -4.63. The zero-order chi connectivity index (χ0) is 64.7. The molecule has 8 unspecified atom stereocenters. The zero-order valence-electron chi connectivity index (χ0n) is 57.0. The van der Waals surface area contributed by atoms with Crippen LogP contribution >= 0.6 is 0 Å². The van der Waals surface area contributed by atoms with Crippen LogP contribution in [0, 0.1) is 0 Å². The molecule has 0 N–H and O–H groups in total. The normalized spacial score (nSPS) is 37.7. The Hall–Kier alpha value is -1.16. The Bertz CT molecular complexity index is 2620. The molecule has 0 radical (unpaired) electrons. The lowest BCUT2D eigenvalue weighted by Crippen LogP contribution is -2.88. The standard InChI is InChI=1S/C60H104O16Si12/c1-45(2)77(57-37-29-25-30-38-57)61-78(46(3)4,58-39-31-26-32-40-58)64-82(50(11)12)67-81(63-77,49(9)10)69-85(53(17)18)73-86(70-82,54(19)20)76-88(56(23)24)72-84(52(15)16)66-80(48(7)8,60-43-35-28-36-44-60)62-79(47(5)6,59-41-33-27-34-42-59)65-83(68-84,51(13)14)71-87(74-88,75-85)55(21)22/h25-56H,1-24H3. The van der Waals surface area contributed by atoms with Crippen molar-refractivity contribution in [3.8, 4) is 0 Å². The molecule has 0 spiro atoms. The molecule has 5 saturated heterocycles. The Morgan fingerprint density at radius 3 is 0.398 bits per heavy atom. The Morgan fingerprint density at radius 1 is 0.159 bits per heavy atom. The highest BCUT2D eigenvalue weighted by Gasteiger charge is 2.84. The molecule has 0 amide bonds. The first-order valence-electron chi connectivity index (χ1n) is 32.5. The van der Waals surface area contributed by atoms with Gasteiger partial charge in [-0.1, -0.05) is 287 Å². The van der Waals surface area contributed by atoms with Crippen molar-refractivity contribution in [1.29, 1.82) is 0 Å². The van der Waals surface area contributed by atoms with Crippen LogP contribution < -0.4 is 20.7 Å². The summed E-state index contributed by atoms with van der Waals surface area (Å²) in [6.07, 6.45) is 0. The van der Waals surface area contributed by atoms with E-state index in [9.17, 15) is 0 Å². The quantitative estimate of drug-likeness (QED) is 0.0979. The molecule has 4 aromatic rings. The summed E-state index contributed by atoms with van der Waals surface area (Å²) >= 11 is 0. The minimum absolute atomic E-state index is 0.204. The largest absolute Gasteiger partial charge is 0.481 e. The molecule has 5 fully saturated rings. The van der Waals surface area contributed by atoms with Crippen LogP contribution in [0.5, 0.6) is 0 Å². The second-order valence-corrected chi connectivity index (χ2v) is 72.7. The molecule has 0 aliphatic carbocycles. The van der Waals surface area contributed by atoms with Crippen molar-refractivity contribution in [2.24, 2.45) is 0 Å². The average Bonchev–Trinajstić information content (AvgIpc) is 0.749. The molecule has 5 heterocycles. The maximum absolute atomic E-state index is 8.47. The van der Waals surface area contributed by atoms with Crippen LogP contribution in [0.25, 0.3) is 0 Å². The minimum Gasteiger partial charge on any atom is -0.408 e. The summed E-state index contributed by atoms with van der Waals surface area (Å²) in [7, 11) is -51.9. The van der Waals surface area contributed by atoms with Gasteiger partial charge in [0.15, 0.2) is 0 Å². The maximum Gasteiger partial charge on any atom is 0.481 e. The van der Waals surface area contributed by atoms with Crippen LogP contribution in [0.15, 0.2) is 121 Å². The van der Waals surface area contributed by atoms with Gasteiger partial charge >= 0.3 is 105 Å². The summed E-state index contributed by atoms with van der Waals surface area (Å²) in [6.45, 7) is 51.2. The van der Waals surface area contributed by atoms with Gasteiger partial charge < -0.3 is 65.8 Å². The van der Waals surface area contributed by atoms with Crippen molar-refractivity contribution in [3.63, 3.8) is 0 Å². The Labute approximate surface area is 541 Å². The monoisotopic (exact) mass is 1420 g/mol. The predicted molar refractivity (Wildman–Crippen MR) is 372 cm³/mol. The maximum atomic E-state index is 8.47. The summed E-state index contributed by atoms with van der Waals surface area (Å²) in [5.74, 6) is 0. The van der Waals surface area contributed by atoms with Gasteiger partial charge in [-0.05, 0) is 20.7 Å². The van der Waals surface area contributed by atoms with E-state index >= 15 is 0 Å². The van der Waals surface area contributed by atoms with E-state index < -0.39 is 149 Å². The highest BCUT2D eigenvalue weighted by molar-refractivity contribution is 7.07. The van der Waals surface area contributed by atoms with Crippen molar-refractivity contribution >= 4 is 125 Å². The number of benzene rings is 4. The summed E-state index contributed by atoms with van der Waals surface area (Å²) in [4.78, 5) is 0. The van der Waals surface area contributed by atoms with Gasteiger partial charge in [0.25, 0.3) is 0 Å². The van der Waals surface area contributed by atoms with E-state index in [0.29, 0.717) is 0 Å². The zero-order valence-corrected chi connectivity index (χ0v) is 69.0. The Balaban J connectivity index is 1.44. The fourth-order valence-electron chi connectivity index (χ4n) is 12.1. The highest BCUT2D eigenvalue weighted by Crippen LogP contribution is 2.59. The Kier molecular flexibility index (Phi) is 20.8. The van der Waals surface area contributed by atoms with E-state index in [0.717, 1.165) is 20.7 Å². The second-order valence-electron chi connectivity index (χ2n) is 28.5. The molecule has 0 aromatic heterocycles. The molecule has 488 valence electrons. The molecule has 8 bridgehead atoms. The third kappa shape index (κ3) is 12.0. The summed E-state index contributed by atoms with van der Waals surface area (Å²) in [6, 6.07) is 41.6. The van der Waals surface area contributed by atoms with Gasteiger partial charge in [-0.2, -0.15) is 0 Å². The van der Waals surface area contributed by atoms with Crippen LogP contribution in [0.1, 0.15) is 166 Å². The average molecular weight is 1420 g/mol. The summed E-state index contributed by atoms with van der Waals surface area (Å²) in [5, 5.41) is 3.73. The fraction of sp³-hybridized carbons (Fsp3) is 0.600. The van der Waals surface area contributed by atoms with Crippen molar-refractivity contribution in [1.82, 2.24) is 0 Å². The van der Waals surface area contributed by atoms with Crippen LogP contribution in [0.2, 0.25) is 66.5 Å². The smallest absolute Gasteiger partial charge is 0.408 e. The number of fused-ring (bicyclic) bond motifs is 8. The van der Waals surface area contributed by atoms with E-state index in [2.05, 4.69) is 263 Å². The molecule has 88 heavy (non-hydrogen) atoms. The topological polar surface area (TPSA) is 148 Å². The lowest BCUT2D eigenvalue weighted by atomic mass is 10.4. The van der Waals surface area contributed by atoms with Crippen molar-refractivity contribution in [2.75, 3.05) is 0 Å². The highest BCUT2D eigenvalue weighted by atomic mass is 28.6. The van der Waals surface area contributed by atoms with Crippen molar-refractivity contribution in [2.45, 2.75) is 233 Å². The first-order valence-corrected chi connectivity index (χ1v) is 54.5. The van der Waals surface area contributed by atoms with Gasteiger partial charge in [0.05, 0.1) is 0 Å². The van der Waals surface area contributed by atoms with Gasteiger partial charge in [-0.3, -0.25) is 0 Å². The van der Waals surface area contributed by atoms with Crippen LogP contribution in [0.4, 0.5) is 0 Å². The second kappa shape index (κ2) is 25.8. The molecule has 5 aliphatic rings. The molecule has 4 aromatic carbocycles. The third-order valence-corrected chi connectivity index (χ3v) is 77.0. The van der Waals surface area contributed by atoms with E-state index in [1.165, 1.54) is 0 Å².